The van der Waals surface area contributed by atoms with E-state index < -0.39 is 0 Å². The van der Waals surface area contributed by atoms with Crippen LogP contribution in [-0.2, 0) is 0 Å². The molecular formula is C9H7ClO3. The summed E-state index contributed by atoms with van der Waals surface area (Å²) in [6, 6.07) is 2.83. The van der Waals surface area contributed by atoms with Crippen molar-refractivity contribution in [1.29, 1.82) is 0 Å². The van der Waals surface area contributed by atoms with E-state index >= 15 is 0 Å². The van der Waals surface area contributed by atoms with Gasteiger partial charge >= 0.3 is 0 Å². The molecule has 0 aliphatic rings. The van der Waals surface area contributed by atoms with Crippen LogP contribution in [-0.4, -0.2) is 19.7 Å². The first-order chi connectivity index (χ1) is 6.22. The van der Waals surface area contributed by atoms with E-state index in [1.165, 1.54) is 19.2 Å². The fourth-order valence-corrected chi connectivity index (χ4v) is 1.19. The molecule has 0 saturated carbocycles. The summed E-state index contributed by atoms with van der Waals surface area (Å²) in [5.74, 6) is 0.384. The van der Waals surface area contributed by atoms with Crippen molar-refractivity contribution in [2.45, 2.75) is 0 Å². The van der Waals surface area contributed by atoms with Crippen molar-refractivity contribution < 1.29 is 14.3 Å². The van der Waals surface area contributed by atoms with E-state index in [0.717, 1.165) is 0 Å². The summed E-state index contributed by atoms with van der Waals surface area (Å²) < 4.78 is 4.88. The van der Waals surface area contributed by atoms with Crippen LogP contribution in [0.4, 0.5) is 0 Å². The summed E-state index contributed by atoms with van der Waals surface area (Å²) in [6.45, 7) is 0. The molecule has 3 nitrogen and oxygen atoms in total. The zero-order valence-corrected chi connectivity index (χ0v) is 7.67. The van der Waals surface area contributed by atoms with Crippen LogP contribution >= 0.6 is 11.6 Å². The van der Waals surface area contributed by atoms with Crippen LogP contribution in [0.2, 0.25) is 5.02 Å². The van der Waals surface area contributed by atoms with Crippen molar-refractivity contribution in [2.24, 2.45) is 0 Å². The molecule has 0 aliphatic carbocycles. The Morgan fingerprint density at radius 2 is 1.77 bits per heavy atom. The first kappa shape index (κ1) is 9.74. The van der Waals surface area contributed by atoms with Crippen LogP contribution in [0.25, 0.3) is 0 Å². The lowest BCUT2D eigenvalue weighted by molar-refractivity contribution is 0.109. The summed E-state index contributed by atoms with van der Waals surface area (Å²) in [6.07, 6.45) is 1.16. The van der Waals surface area contributed by atoms with E-state index in [1.807, 2.05) is 0 Å². The fraction of sp³-hybridized carbons (Fsp3) is 0.111. The maximum absolute atomic E-state index is 10.5. The number of benzene rings is 1. The number of halogens is 1. The predicted octanol–water partition coefficient (Wildman–Crippen LogP) is 1.97. The molecule has 0 atom stereocenters. The average Bonchev–Trinajstić information content (AvgIpc) is 2.17. The highest BCUT2D eigenvalue weighted by Gasteiger charge is 2.07. The Hall–Kier alpha value is -1.35. The molecule has 0 unspecified atom stereocenters. The third-order valence-corrected chi connectivity index (χ3v) is 1.91. The van der Waals surface area contributed by atoms with Crippen LogP contribution in [0.3, 0.4) is 0 Å². The van der Waals surface area contributed by atoms with Gasteiger partial charge in [-0.1, -0.05) is 11.6 Å². The van der Waals surface area contributed by atoms with Gasteiger partial charge in [-0.05, 0) is 12.1 Å². The molecule has 1 aromatic carbocycles. The Kier molecular flexibility index (Phi) is 3.03. The predicted molar refractivity (Wildman–Crippen MR) is 48.8 cm³/mol. The standard InChI is InChI=1S/C9H7ClO3/c1-13-9-3-7(5-12)6(4-11)2-8(9)10/h2-5H,1H3. The van der Waals surface area contributed by atoms with E-state index in [4.69, 9.17) is 16.3 Å². The lowest BCUT2D eigenvalue weighted by Gasteiger charge is -2.04. The SMILES string of the molecule is COc1cc(C=O)c(C=O)cc1Cl. The van der Waals surface area contributed by atoms with Crippen LogP contribution < -0.4 is 4.74 Å². The van der Waals surface area contributed by atoms with Gasteiger partial charge in [-0.3, -0.25) is 9.59 Å². The van der Waals surface area contributed by atoms with Gasteiger partial charge in [0.25, 0.3) is 0 Å². The molecule has 0 radical (unpaired) electrons. The number of carbonyl (C=O) groups is 2. The lowest BCUT2D eigenvalue weighted by atomic mass is 10.1. The average molecular weight is 199 g/mol. The summed E-state index contributed by atoms with van der Waals surface area (Å²) in [7, 11) is 1.44. The molecule has 0 spiro atoms. The monoisotopic (exact) mass is 198 g/mol. The van der Waals surface area contributed by atoms with E-state index in [2.05, 4.69) is 0 Å². The summed E-state index contributed by atoms with van der Waals surface area (Å²) in [5, 5.41) is 0.315. The number of methoxy groups -OCH3 is 1. The second-order valence-electron chi connectivity index (χ2n) is 2.35. The lowest BCUT2D eigenvalue weighted by Crippen LogP contribution is -1.93. The van der Waals surface area contributed by atoms with Gasteiger partial charge in [0.05, 0.1) is 12.1 Å². The molecule has 0 N–H and O–H groups in total. The number of carbonyl (C=O) groups excluding carboxylic acids is 2. The number of hydrogen-bond acceptors (Lipinski definition) is 3. The number of rotatable bonds is 3. The molecule has 1 rings (SSSR count). The highest BCUT2D eigenvalue weighted by Crippen LogP contribution is 2.26. The Labute approximate surface area is 80.3 Å². The van der Waals surface area contributed by atoms with Crippen LogP contribution in [0.5, 0.6) is 5.75 Å². The van der Waals surface area contributed by atoms with Gasteiger partial charge in [-0.2, -0.15) is 0 Å². The molecule has 1 aromatic rings. The normalized spacial score (nSPS) is 9.38. The van der Waals surface area contributed by atoms with Crippen molar-refractivity contribution in [3.63, 3.8) is 0 Å². The Morgan fingerprint density at radius 1 is 1.23 bits per heavy atom. The van der Waals surface area contributed by atoms with Gasteiger partial charge in [0.1, 0.15) is 5.75 Å². The largest absolute Gasteiger partial charge is 0.495 e. The molecule has 4 heteroatoms. The highest BCUT2D eigenvalue weighted by atomic mass is 35.5. The fourth-order valence-electron chi connectivity index (χ4n) is 0.945. The third-order valence-electron chi connectivity index (χ3n) is 1.61. The summed E-state index contributed by atoms with van der Waals surface area (Å²) in [5.41, 5.74) is 0.539. The Balaban J connectivity index is 3.34. The maximum atomic E-state index is 10.5. The van der Waals surface area contributed by atoms with Gasteiger partial charge in [0, 0.05) is 11.1 Å². The van der Waals surface area contributed by atoms with Gasteiger partial charge < -0.3 is 4.74 Å². The van der Waals surface area contributed by atoms with E-state index in [9.17, 15) is 9.59 Å². The maximum Gasteiger partial charge on any atom is 0.150 e. The second kappa shape index (κ2) is 4.05. The van der Waals surface area contributed by atoms with Crippen LogP contribution in [0.15, 0.2) is 12.1 Å². The molecule has 0 saturated heterocycles. The minimum Gasteiger partial charge on any atom is -0.495 e. The van der Waals surface area contributed by atoms with Crippen LogP contribution in [0, 0.1) is 0 Å². The molecule has 0 heterocycles. The highest BCUT2D eigenvalue weighted by molar-refractivity contribution is 6.32. The molecular weight excluding hydrogens is 192 g/mol. The Morgan fingerprint density at radius 3 is 2.23 bits per heavy atom. The van der Waals surface area contributed by atoms with Crippen molar-refractivity contribution in [3.8, 4) is 5.75 Å². The minimum absolute atomic E-state index is 0.265. The topological polar surface area (TPSA) is 43.4 Å². The summed E-state index contributed by atoms with van der Waals surface area (Å²) >= 11 is 5.74. The van der Waals surface area contributed by atoms with E-state index in [1.54, 1.807) is 0 Å². The van der Waals surface area contributed by atoms with Gasteiger partial charge in [-0.25, -0.2) is 0 Å². The Bertz CT molecular complexity index is 347. The number of aldehydes is 2. The van der Waals surface area contributed by atoms with Gasteiger partial charge in [0.15, 0.2) is 12.6 Å². The first-order valence-corrected chi connectivity index (χ1v) is 3.88. The number of ether oxygens (including phenoxy) is 1. The van der Waals surface area contributed by atoms with Crippen molar-refractivity contribution in [3.05, 3.63) is 28.3 Å². The van der Waals surface area contributed by atoms with E-state index in [-0.39, 0.29) is 11.1 Å². The van der Waals surface area contributed by atoms with Crippen molar-refractivity contribution in [1.82, 2.24) is 0 Å². The van der Waals surface area contributed by atoms with Crippen molar-refractivity contribution in [2.75, 3.05) is 7.11 Å². The molecule has 0 aliphatic heterocycles. The number of hydrogen-bond donors (Lipinski definition) is 0. The van der Waals surface area contributed by atoms with Crippen molar-refractivity contribution >= 4 is 24.2 Å². The zero-order valence-electron chi connectivity index (χ0n) is 6.91. The van der Waals surface area contributed by atoms with E-state index in [0.29, 0.717) is 23.3 Å². The quantitative estimate of drug-likeness (QED) is 0.698. The third kappa shape index (κ3) is 1.87. The van der Waals surface area contributed by atoms with Gasteiger partial charge in [-0.15, -0.1) is 0 Å². The molecule has 0 bridgehead atoms. The van der Waals surface area contributed by atoms with Crippen LogP contribution in [0.1, 0.15) is 20.7 Å². The smallest absolute Gasteiger partial charge is 0.150 e. The van der Waals surface area contributed by atoms with Gasteiger partial charge in [0.2, 0.25) is 0 Å². The zero-order chi connectivity index (χ0) is 9.84. The minimum atomic E-state index is 0.265. The second-order valence-corrected chi connectivity index (χ2v) is 2.76. The molecule has 0 amide bonds. The summed E-state index contributed by atoms with van der Waals surface area (Å²) in [4.78, 5) is 21.0. The molecule has 0 fully saturated rings. The molecule has 13 heavy (non-hydrogen) atoms. The first-order valence-electron chi connectivity index (χ1n) is 3.50. The molecule has 0 aromatic heterocycles. The molecule has 68 valence electrons.